The quantitative estimate of drug-likeness (QED) is 0.554. The number of nitrogens with zero attached hydrogens (tertiary/aromatic N) is 1. The van der Waals surface area contributed by atoms with E-state index in [-0.39, 0.29) is 18.1 Å². The van der Waals surface area contributed by atoms with E-state index in [1.165, 1.54) is 12.1 Å². The minimum absolute atomic E-state index is 0.0804. The van der Waals surface area contributed by atoms with Crippen LogP contribution in [0.15, 0.2) is 72.8 Å². The summed E-state index contributed by atoms with van der Waals surface area (Å²) in [6, 6.07) is 20.9. The van der Waals surface area contributed by atoms with Gasteiger partial charge in [-0.3, -0.25) is 9.00 Å². The number of aryl methyl sites for hydroxylation is 2. The van der Waals surface area contributed by atoms with Crippen molar-refractivity contribution in [1.82, 2.24) is 0 Å². The molecule has 0 bridgehead atoms. The van der Waals surface area contributed by atoms with Gasteiger partial charge in [-0.2, -0.15) is 0 Å². The highest BCUT2D eigenvalue weighted by atomic mass is 32.2. The van der Waals surface area contributed by atoms with Crippen LogP contribution in [0.25, 0.3) is 0 Å². The monoisotopic (exact) mass is 425 g/mol. The van der Waals surface area contributed by atoms with Gasteiger partial charge < -0.3 is 14.2 Å². The molecule has 0 fully saturated rings. The van der Waals surface area contributed by atoms with Gasteiger partial charge in [0.15, 0.2) is 0 Å². The van der Waals surface area contributed by atoms with E-state index in [9.17, 15) is 17.9 Å². The minimum atomic E-state index is -2.35. The topological polar surface area (TPSA) is 72.5 Å². The summed E-state index contributed by atoms with van der Waals surface area (Å²) in [6.45, 7) is 0. The molecule has 3 rings (SSSR count). The molecule has 0 aliphatic carbocycles. The number of nitrogens with one attached hydrogen (secondary N) is 1. The SMILES string of the molecule is CN(C(=O)Cc1ccc(F)cc1)c1cccc(CCc2cccc(NS(=O)[O-])c2)c1. The fourth-order valence-electron chi connectivity index (χ4n) is 3.14. The zero-order valence-corrected chi connectivity index (χ0v) is 17.3. The molecule has 1 N–H and O–H groups in total. The van der Waals surface area contributed by atoms with Gasteiger partial charge in [0.05, 0.1) is 6.42 Å². The van der Waals surface area contributed by atoms with Crippen LogP contribution < -0.4 is 9.62 Å². The summed E-state index contributed by atoms with van der Waals surface area (Å²) >= 11 is -2.35. The molecule has 3 aromatic carbocycles. The summed E-state index contributed by atoms with van der Waals surface area (Å²) < 4.78 is 37.0. The summed E-state index contributed by atoms with van der Waals surface area (Å²) in [7, 11) is 1.73. The largest absolute Gasteiger partial charge is 0.755 e. The summed E-state index contributed by atoms with van der Waals surface area (Å²) in [5.74, 6) is -0.405. The van der Waals surface area contributed by atoms with Crippen molar-refractivity contribution in [2.45, 2.75) is 19.3 Å². The molecule has 5 nitrogen and oxygen atoms in total. The first-order chi connectivity index (χ1) is 14.4. The summed E-state index contributed by atoms with van der Waals surface area (Å²) in [6.07, 6.45) is 1.68. The van der Waals surface area contributed by atoms with Gasteiger partial charge in [-0.05, 0) is 65.9 Å². The number of benzene rings is 3. The van der Waals surface area contributed by atoms with Gasteiger partial charge in [0.25, 0.3) is 0 Å². The maximum atomic E-state index is 13.0. The van der Waals surface area contributed by atoms with Gasteiger partial charge >= 0.3 is 0 Å². The van der Waals surface area contributed by atoms with Gasteiger partial charge in [0.1, 0.15) is 5.82 Å². The number of rotatable bonds is 8. The number of hydrogen-bond acceptors (Lipinski definition) is 3. The van der Waals surface area contributed by atoms with Crippen LogP contribution >= 0.6 is 0 Å². The highest BCUT2D eigenvalue weighted by Crippen LogP contribution is 2.19. The van der Waals surface area contributed by atoms with Crippen molar-refractivity contribution >= 4 is 28.5 Å². The lowest BCUT2D eigenvalue weighted by atomic mass is 10.0. The summed E-state index contributed by atoms with van der Waals surface area (Å²) in [5.41, 5.74) is 4.16. The zero-order valence-electron chi connectivity index (χ0n) is 16.5. The number of anilines is 2. The third-order valence-corrected chi connectivity index (χ3v) is 5.17. The molecule has 1 unspecified atom stereocenters. The molecule has 1 atom stereocenters. The van der Waals surface area contributed by atoms with E-state index in [2.05, 4.69) is 4.72 Å². The normalized spacial score (nSPS) is 11.7. The van der Waals surface area contributed by atoms with Crippen molar-refractivity contribution < 1.29 is 17.9 Å². The smallest absolute Gasteiger partial charge is 0.231 e. The van der Waals surface area contributed by atoms with Gasteiger partial charge in [-0.15, -0.1) is 0 Å². The molecule has 0 aliphatic rings. The number of carbonyl (C=O) groups excluding carboxylic acids is 1. The van der Waals surface area contributed by atoms with Gasteiger partial charge in [-0.1, -0.05) is 36.4 Å². The third-order valence-electron chi connectivity index (χ3n) is 4.77. The van der Waals surface area contributed by atoms with Crippen LogP contribution in [0.1, 0.15) is 16.7 Å². The van der Waals surface area contributed by atoms with Crippen molar-refractivity contribution in [1.29, 1.82) is 0 Å². The van der Waals surface area contributed by atoms with Gasteiger partial charge in [-0.25, -0.2) is 4.39 Å². The van der Waals surface area contributed by atoms with Crippen LogP contribution in [-0.4, -0.2) is 21.7 Å². The Labute approximate surface area is 178 Å². The molecule has 0 saturated heterocycles. The molecule has 0 aromatic heterocycles. The van der Waals surface area contributed by atoms with Crippen LogP contribution in [-0.2, 0) is 35.3 Å². The number of carbonyl (C=O) groups is 1. The van der Waals surface area contributed by atoms with Crippen molar-refractivity contribution in [3.63, 3.8) is 0 Å². The molecule has 7 heteroatoms. The molecule has 0 heterocycles. The number of amides is 1. The lowest BCUT2D eigenvalue weighted by Gasteiger charge is -2.18. The molecule has 1 amide bonds. The van der Waals surface area contributed by atoms with Crippen LogP contribution in [0, 0.1) is 5.82 Å². The Morgan fingerprint density at radius 3 is 2.27 bits per heavy atom. The van der Waals surface area contributed by atoms with Crippen LogP contribution in [0.5, 0.6) is 0 Å². The van der Waals surface area contributed by atoms with E-state index in [4.69, 9.17) is 0 Å². The second-order valence-electron chi connectivity index (χ2n) is 6.96. The molecular weight excluding hydrogens is 403 g/mol. The predicted molar refractivity (Wildman–Crippen MR) is 116 cm³/mol. The predicted octanol–water partition coefficient (Wildman–Crippen LogP) is 4.02. The van der Waals surface area contributed by atoms with Crippen LogP contribution in [0.3, 0.4) is 0 Å². The second kappa shape index (κ2) is 10.1. The number of hydrogen-bond donors (Lipinski definition) is 1. The van der Waals surface area contributed by atoms with Gasteiger partial charge in [0.2, 0.25) is 5.91 Å². The highest BCUT2D eigenvalue weighted by molar-refractivity contribution is 7.80. The second-order valence-corrected chi connectivity index (χ2v) is 7.64. The van der Waals surface area contributed by atoms with Crippen molar-refractivity contribution in [2.24, 2.45) is 0 Å². The maximum Gasteiger partial charge on any atom is 0.231 e. The fourth-order valence-corrected chi connectivity index (χ4v) is 3.45. The Kier molecular flexibility index (Phi) is 7.32. The van der Waals surface area contributed by atoms with E-state index in [0.717, 1.165) is 35.2 Å². The Morgan fingerprint density at radius 2 is 1.60 bits per heavy atom. The molecule has 156 valence electrons. The molecule has 0 saturated carbocycles. The average Bonchev–Trinajstić information content (AvgIpc) is 2.73. The Hall–Kier alpha value is -3.03. The van der Waals surface area contributed by atoms with E-state index in [0.29, 0.717) is 5.69 Å². The van der Waals surface area contributed by atoms with Crippen molar-refractivity contribution in [2.75, 3.05) is 16.7 Å². The van der Waals surface area contributed by atoms with E-state index < -0.39 is 11.3 Å². The van der Waals surface area contributed by atoms with Gasteiger partial charge in [0, 0.05) is 29.7 Å². The highest BCUT2D eigenvalue weighted by Gasteiger charge is 2.12. The fraction of sp³-hybridized carbons (Fsp3) is 0.174. The Balaban J connectivity index is 1.63. The summed E-state index contributed by atoms with van der Waals surface area (Å²) in [4.78, 5) is 14.2. The first-order valence-electron chi connectivity index (χ1n) is 9.45. The van der Waals surface area contributed by atoms with E-state index in [1.807, 2.05) is 36.4 Å². The average molecular weight is 426 g/mol. The molecule has 0 aliphatic heterocycles. The molecule has 0 radical (unpaired) electrons. The lowest BCUT2D eigenvalue weighted by molar-refractivity contribution is -0.117. The standard InChI is InChI=1S/C23H23FN2O3S/c1-26(23(27)16-19-10-12-20(24)13-11-19)22-7-3-5-18(15-22)9-8-17-4-2-6-21(14-17)25-30(28)29/h2-7,10-15,25H,8-9,16H2,1H3,(H,28,29)/p-1. The van der Waals surface area contributed by atoms with E-state index >= 15 is 0 Å². The zero-order chi connectivity index (χ0) is 21.5. The summed E-state index contributed by atoms with van der Waals surface area (Å²) in [5, 5.41) is 0. The van der Waals surface area contributed by atoms with Crippen molar-refractivity contribution in [3.8, 4) is 0 Å². The van der Waals surface area contributed by atoms with Crippen molar-refractivity contribution in [3.05, 3.63) is 95.3 Å². The number of likely N-dealkylation sites (N-methyl/N-ethyl adjacent to an activating group) is 1. The molecule has 0 spiro atoms. The number of halogens is 1. The molecular formula is C23H22FN2O3S-. The molecule has 3 aromatic rings. The lowest BCUT2D eigenvalue weighted by Crippen LogP contribution is -2.27. The first kappa shape index (κ1) is 21.7. The third kappa shape index (κ3) is 6.23. The Morgan fingerprint density at radius 1 is 0.967 bits per heavy atom. The first-order valence-corrected chi connectivity index (χ1v) is 10.5. The molecule has 30 heavy (non-hydrogen) atoms. The van der Waals surface area contributed by atoms with Crippen LogP contribution in [0.4, 0.5) is 15.8 Å². The van der Waals surface area contributed by atoms with Crippen LogP contribution in [0.2, 0.25) is 0 Å². The van der Waals surface area contributed by atoms with E-state index in [1.54, 1.807) is 36.2 Å². The Bertz CT molecular complexity index is 1040. The maximum absolute atomic E-state index is 13.0. The minimum Gasteiger partial charge on any atom is -0.755 e.